The number of para-hydroxylation sites is 2. The lowest BCUT2D eigenvalue weighted by atomic mass is 10.1. The second-order valence-electron chi connectivity index (χ2n) is 6.32. The summed E-state index contributed by atoms with van der Waals surface area (Å²) in [6.45, 7) is 2.21. The summed E-state index contributed by atoms with van der Waals surface area (Å²) in [5.41, 5.74) is 2.48. The topological polar surface area (TPSA) is 46.6 Å². The van der Waals surface area contributed by atoms with Crippen molar-refractivity contribution in [2.45, 2.75) is 17.9 Å². The maximum Gasteiger partial charge on any atom is 0.265 e. The summed E-state index contributed by atoms with van der Waals surface area (Å²) in [4.78, 5) is 0.278. The molecular formula is C21H19NO3S. The number of anilines is 1. The molecule has 0 spiro atoms. The van der Waals surface area contributed by atoms with E-state index in [2.05, 4.69) is 0 Å². The van der Waals surface area contributed by atoms with Crippen molar-refractivity contribution in [3.8, 4) is 5.75 Å². The summed E-state index contributed by atoms with van der Waals surface area (Å²) >= 11 is 0. The van der Waals surface area contributed by atoms with Crippen molar-refractivity contribution >= 4 is 15.7 Å². The van der Waals surface area contributed by atoms with Crippen molar-refractivity contribution in [2.75, 3.05) is 10.9 Å². The maximum absolute atomic E-state index is 13.5. The number of hydrogen-bond acceptors (Lipinski definition) is 3. The van der Waals surface area contributed by atoms with Crippen molar-refractivity contribution in [1.82, 2.24) is 0 Å². The Morgan fingerprint density at radius 3 is 2.27 bits per heavy atom. The first-order chi connectivity index (χ1) is 12.6. The molecule has 0 amide bonds. The summed E-state index contributed by atoms with van der Waals surface area (Å²) in [5, 5.41) is 0. The van der Waals surface area contributed by atoms with E-state index in [4.69, 9.17) is 4.74 Å². The van der Waals surface area contributed by atoms with Crippen LogP contribution in [0.25, 0.3) is 0 Å². The van der Waals surface area contributed by atoms with Gasteiger partial charge in [-0.1, -0.05) is 60.2 Å². The van der Waals surface area contributed by atoms with Gasteiger partial charge in [0.2, 0.25) is 0 Å². The van der Waals surface area contributed by atoms with Crippen LogP contribution in [0.3, 0.4) is 0 Å². The molecule has 26 heavy (non-hydrogen) atoms. The Balaban J connectivity index is 1.89. The second-order valence-corrected chi connectivity index (χ2v) is 8.13. The summed E-state index contributed by atoms with van der Waals surface area (Å²) in [7, 11) is -3.74. The lowest BCUT2D eigenvalue weighted by Crippen LogP contribution is -2.41. The van der Waals surface area contributed by atoms with Crippen LogP contribution in [0.1, 0.15) is 17.2 Å². The minimum absolute atomic E-state index is 0.270. The van der Waals surface area contributed by atoms with Gasteiger partial charge in [-0.05, 0) is 36.8 Å². The van der Waals surface area contributed by atoms with E-state index in [9.17, 15) is 8.42 Å². The highest BCUT2D eigenvalue weighted by molar-refractivity contribution is 7.92. The fraction of sp³-hybridized carbons (Fsp3) is 0.143. The zero-order valence-corrected chi connectivity index (χ0v) is 15.2. The Morgan fingerprint density at radius 1 is 0.885 bits per heavy atom. The van der Waals surface area contributed by atoms with Gasteiger partial charge in [-0.15, -0.1) is 0 Å². The number of fused-ring (bicyclic) bond motifs is 1. The molecule has 0 bridgehead atoms. The van der Waals surface area contributed by atoms with Crippen molar-refractivity contribution in [2.24, 2.45) is 0 Å². The molecule has 0 N–H and O–H groups in total. The average molecular weight is 365 g/mol. The summed E-state index contributed by atoms with van der Waals surface area (Å²) < 4.78 is 34.4. The number of benzene rings is 3. The molecule has 1 aliphatic heterocycles. The molecule has 0 saturated heterocycles. The monoisotopic (exact) mass is 365 g/mol. The molecule has 3 aromatic rings. The van der Waals surface area contributed by atoms with Crippen molar-refractivity contribution in [3.63, 3.8) is 0 Å². The quantitative estimate of drug-likeness (QED) is 0.694. The molecular weight excluding hydrogens is 346 g/mol. The molecule has 3 aromatic carbocycles. The zero-order valence-electron chi connectivity index (χ0n) is 14.4. The van der Waals surface area contributed by atoms with Gasteiger partial charge < -0.3 is 4.74 Å². The normalized spacial score (nSPS) is 16.7. The van der Waals surface area contributed by atoms with E-state index in [1.165, 1.54) is 4.31 Å². The molecule has 4 rings (SSSR count). The van der Waals surface area contributed by atoms with Crippen molar-refractivity contribution < 1.29 is 13.2 Å². The Kier molecular flexibility index (Phi) is 4.17. The number of ether oxygens (including phenoxy) is 1. The second kappa shape index (κ2) is 6.50. The van der Waals surface area contributed by atoms with Gasteiger partial charge in [0.15, 0.2) is 0 Å². The molecule has 1 heterocycles. The maximum atomic E-state index is 13.5. The van der Waals surface area contributed by atoms with Gasteiger partial charge in [-0.3, -0.25) is 4.31 Å². The van der Waals surface area contributed by atoms with E-state index in [0.717, 1.165) is 11.1 Å². The number of hydrogen-bond donors (Lipinski definition) is 0. The Hall–Kier alpha value is -2.79. The highest BCUT2D eigenvalue weighted by Gasteiger charge is 2.37. The van der Waals surface area contributed by atoms with Crippen LogP contribution < -0.4 is 9.04 Å². The lowest BCUT2D eigenvalue weighted by Gasteiger charge is -2.37. The third kappa shape index (κ3) is 2.84. The largest absolute Gasteiger partial charge is 0.489 e. The van der Waals surface area contributed by atoms with Gasteiger partial charge in [0.05, 0.1) is 10.6 Å². The molecule has 0 fully saturated rings. The van der Waals surface area contributed by atoms with Gasteiger partial charge in [0.25, 0.3) is 10.0 Å². The van der Waals surface area contributed by atoms with E-state index in [-0.39, 0.29) is 11.5 Å². The van der Waals surface area contributed by atoms with Crippen LogP contribution >= 0.6 is 0 Å². The zero-order chi connectivity index (χ0) is 18.1. The van der Waals surface area contributed by atoms with E-state index in [1.54, 1.807) is 24.3 Å². The predicted molar refractivity (Wildman–Crippen MR) is 102 cm³/mol. The van der Waals surface area contributed by atoms with Gasteiger partial charge in [-0.25, -0.2) is 8.42 Å². The summed E-state index contributed by atoms with van der Waals surface area (Å²) in [5.74, 6) is 0.579. The lowest BCUT2D eigenvalue weighted by molar-refractivity contribution is 0.275. The van der Waals surface area contributed by atoms with Crippen molar-refractivity contribution in [1.29, 1.82) is 0 Å². The number of nitrogens with zero attached hydrogens (tertiary/aromatic N) is 1. The summed E-state index contributed by atoms with van der Waals surface area (Å²) in [6.07, 6.45) is 0. The number of sulfonamides is 1. The molecule has 0 unspecified atom stereocenters. The van der Waals surface area contributed by atoms with E-state index in [1.807, 2.05) is 61.5 Å². The van der Waals surface area contributed by atoms with Gasteiger partial charge in [-0.2, -0.15) is 0 Å². The van der Waals surface area contributed by atoms with Gasteiger partial charge in [0.1, 0.15) is 18.4 Å². The molecule has 0 radical (unpaired) electrons. The molecule has 1 atom stereocenters. The van der Waals surface area contributed by atoms with Gasteiger partial charge in [0, 0.05) is 0 Å². The average Bonchev–Trinajstić information content (AvgIpc) is 2.68. The van der Waals surface area contributed by atoms with Crippen LogP contribution in [0.15, 0.2) is 83.8 Å². The molecule has 0 aromatic heterocycles. The fourth-order valence-corrected chi connectivity index (χ4v) is 4.83. The standard InChI is InChI=1S/C21H19NO3S/c1-16-11-13-18(14-12-16)26(23,24)22-19-9-5-6-10-21(19)25-15-20(22)17-7-3-2-4-8-17/h2-14,20H,15H2,1H3/t20-/m1/s1. The first kappa shape index (κ1) is 16.7. The smallest absolute Gasteiger partial charge is 0.265 e. The third-order valence-corrected chi connectivity index (χ3v) is 6.38. The van der Waals surface area contributed by atoms with Crippen LogP contribution in [0.2, 0.25) is 0 Å². The fourth-order valence-electron chi connectivity index (χ4n) is 3.19. The van der Waals surface area contributed by atoms with Crippen LogP contribution in [0.5, 0.6) is 5.75 Å². The number of rotatable bonds is 3. The van der Waals surface area contributed by atoms with Crippen LogP contribution in [-0.2, 0) is 10.0 Å². The molecule has 0 saturated carbocycles. The van der Waals surface area contributed by atoms with Gasteiger partial charge >= 0.3 is 0 Å². The van der Waals surface area contributed by atoms with Crippen LogP contribution in [0, 0.1) is 6.92 Å². The van der Waals surface area contributed by atoms with Crippen molar-refractivity contribution in [3.05, 3.63) is 90.0 Å². The number of aryl methyl sites for hydroxylation is 1. The SMILES string of the molecule is Cc1ccc(S(=O)(=O)N2c3ccccc3OC[C@@H]2c2ccccc2)cc1. The predicted octanol–water partition coefficient (Wildman–Crippen LogP) is 4.32. The molecule has 0 aliphatic carbocycles. The molecule has 5 heteroatoms. The van der Waals surface area contributed by atoms with Crippen LogP contribution in [0.4, 0.5) is 5.69 Å². The van der Waals surface area contributed by atoms with Crippen LogP contribution in [-0.4, -0.2) is 15.0 Å². The minimum Gasteiger partial charge on any atom is -0.489 e. The van der Waals surface area contributed by atoms with E-state index >= 15 is 0 Å². The highest BCUT2D eigenvalue weighted by Crippen LogP contribution is 2.42. The van der Waals surface area contributed by atoms with E-state index < -0.39 is 16.1 Å². The molecule has 4 nitrogen and oxygen atoms in total. The first-order valence-corrected chi connectivity index (χ1v) is 9.89. The van der Waals surface area contributed by atoms with E-state index in [0.29, 0.717) is 11.4 Å². The Morgan fingerprint density at radius 2 is 1.54 bits per heavy atom. The third-order valence-electron chi connectivity index (χ3n) is 4.54. The Labute approximate surface area is 153 Å². The minimum atomic E-state index is -3.74. The summed E-state index contributed by atoms with van der Waals surface area (Å²) in [6, 6.07) is 23.4. The Bertz CT molecular complexity index is 1010. The molecule has 132 valence electrons. The first-order valence-electron chi connectivity index (χ1n) is 8.45. The highest BCUT2D eigenvalue weighted by atomic mass is 32.2. The molecule has 1 aliphatic rings.